The molecule has 8 heteroatoms. The number of benzene rings is 1. The van der Waals surface area contributed by atoms with E-state index >= 15 is 0 Å². The van der Waals surface area contributed by atoms with Gasteiger partial charge < -0.3 is 19.5 Å². The molecule has 0 unspecified atom stereocenters. The van der Waals surface area contributed by atoms with Crippen LogP contribution in [0.3, 0.4) is 0 Å². The normalized spacial score (nSPS) is 17.8. The van der Waals surface area contributed by atoms with Crippen LogP contribution in [0.1, 0.15) is 24.6 Å². The van der Waals surface area contributed by atoms with Gasteiger partial charge >= 0.3 is 6.03 Å². The van der Waals surface area contributed by atoms with Crippen molar-refractivity contribution >= 4 is 23.3 Å². The van der Waals surface area contributed by atoms with Crippen molar-refractivity contribution in [1.82, 2.24) is 15.0 Å². The van der Waals surface area contributed by atoms with Crippen LogP contribution in [-0.2, 0) is 0 Å². The Morgan fingerprint density at radius 1 is 1.52 bits per heavy atom. The highest BCUT2D eigenvalue weighted by Crippen LogP contribution is 2.29. The number of methoxy groups -OCH3 is 1. The zero-order chi connectivity index (χ0) is 16.2. The van der Waals surface area contributed by atoms with Gasteiger partial charge in [-0.1, -0.05) is 16.8 Å². The van der Waals surface area contributed by atoms with Gasteiger partial charge in [-0.05, 0) is 31.0 Å². The molecule has 1 saturated heterocycles. The van der Waals surface area contributed by atoms with Crippen LogP contribution in [0.4, 0.5) is 10.5 Å². The topological polar surface area (TPSA) is 80.5 Å². The molecule has 2 heterocycles. The summed E-state index contributed by atoms with van der Waals surface area (Å²) in [7, 11) is 1.55. The molecule has 122 valence electrons. The number of carbonyl (C=O) groups excluding carboxylic acids is 1. The maximum absolute atomic E-state index is 12.5. The molecule has 2 aromatic rings. The lowest BCUT2D eigenvalue weighted by Crippen LogP contribution is -2.41. The van der Waals surface area contributed by atoms with Gasteiger partial charge in [0.15, 0.2) is 5.82 Å². The zero-order valence-corrected chi connectivity index (χ0v) is 13.4. The van der Waals surface area contributed by atoms with Crippen LogP contribution in [0.25, 0.3) is 0 Å². The third-order valence-electron chi connectivity index (χ3n) is 3.86. The predicted octanol–water partition coefficient (Wildman–Crippen LogP) is 3.14. The van der Waals surface area contributed by atoms with Gasteiger partial charge in [0.1, 0.15) is 5.75 Å². The Kier molecular flexibility index (Phi) is 4.66. The van der Waals surface area contributed by atoms with Crippen molar-refractivity contribution in [3.63, 3.8) is 0 Å². The summed E-state index contributed by atoms with van der Waals surface area (Å²) >= 11 is 5.99. The van der Waals surface area contributed by atoms with E-state index in [0.717, 1.165) is 12.8 Å². The number of rotatable bonds is 3. The van der Waals surface area contributed by atoms with Crippen molar-refractivity contribution in [2.75, 3.05) is 25.5 Å². The van der Waals surface area contributed by atoms with Crippen LogP contribution >= 0.6 is 11.6 Å². The number of urea groups is 1. The van der Waals surface area contributed by atoms with E-state index in [2.05, 4.69) is 15.5 Å². The summed E-state index contributed by atoms with van der Waals surface area (Å²) in [5, 5.41) is 7.26. The SMILES string of the molecule is COc1ccc(Cl)cc1NC(=O)N1CCC[C@H](c2ncon2)C1. The summed E-state index contributed by atoms with van der Waals surface area (Å²) in [5.41, 5.74) is 0.548. The molecule has 2 amide bonds. The Bertz CT molecular complexity index is 677. The van der Waals surface area contributed by atoms with E-state index in [-0.39, 0.29) is 11.9 Å². The number of ether oxygens (including phenoxy) is 1. The minimum absolute atomic E-state index is 0.0921. The van der Waals surface area contributed by atoms with Crippen LogP contribution in [-0.4, -0.2) is 41.3 Å². The third kappa shape index (κ3) is 3.56. The maximum Gasteiger partial charge on any atom is 0.321 e. The molecular formula is C15H17ClN4O3. The largest absolute Gasteiger partial charge is 0.495 e. The van der Waals surface area contributed by atoms with Gasteiger partial charge in [0.2, 0.25) is 6.39 Å². The molecule has 7 nitrogen and oxygen atoms in total. The highest BCUT2D eigenvalue weighted by molar-refractivity contribution is 6.31. The maximum atomic E-state index is 12.5. The fourth-order valence-corrected chi connectivity index (χ4v) is 2.88. The van der Waals surface area contributed by atoms with E-state index in [9.17, 15) is 4.79 Å². The molecule has 0 saturated carbocycles. The van der Waals surface area contributed by atoms with Crippen molar-refractivity contribution in [2.24, 2.45) is 0 Å². The summed E-state index contributed by atoms with van der Waals surface area (Å²) in [6.07, 6.45) is 3.13. The minimum Gasteiger partial charge on any atom is -0.495 e. The lowest BCUT2D eigenvalue weighted by atomic mass is 9.98. The lowest BCUT2D eigenvalue weighted by molar-refractivity contribution is 0.190. The zero-order valence-electron chi connectivity index (χ0n) is 12.7. The first-order chi connectivity index (χ1) is 11.2. The number of anilines is 1. The Morgan fingerprint density at radius 2 is 2.39 bits per heavy atom. The molecule has 1 fully saturated rings. The number of halogens is 1. The predicted molar refractivity (Wildman–Crippen MR) is 84.9 cm³/mol. The molecule has 0 aliphatic carbocycles. The molecule has 1 N–H and O–H groups in total. The monoisotopic (exact) mass is 336 g/mol. The van der Waals surface area contributed by atoms with Gasteiger partial charge in [-0.25, -0.2) is 4.79 Å². The second-order valence-corrected chi connectivity index (χ2v) is 5.79. The first-order valence-electron chi connectivity index (χ1n) is 7.33. The quantitative estimate of drug-likeness (QED) is 0.931. The average Bonchev–Trinajstić information content (AvgIpc) is 3.10. The summed E-state index contributed by atoms with van der Waals surface area (Å²) in [6.45, 7) is 1.23. The van der Waals surface area contributed by atoms with Crippen LogP contribution < -0.4 is 10.1 Å². The van der Waals surface area contributed by atoms with Crippen LogP contribution in [0, 0.1) is 0 Å². The van der Waals surface area contributed by atoms with Crippen molar-refractivity contribution in [3.05, 3.63) is 35.4 Å². The number of amides is 2. The van der Waals surface area contributed by atoms with E-state index in [1.807, 2.05) is 0 Å². The Balaban J connectivity index is 1.69. The highest BCUT2D eigenvalue weighted by Gasteiger charge is 2.27. The second kappa shape index (κ2) is 6.87. The van der Waals surface area contributed by atoms with Gasteiger partial charge in [0.05, 0.1) is 12.8 Å². The van der Waals surface area contributed by atoms with Crippen molar-refractivity contribution < 1.29 is 14.1 Å². The summed E-state index contributed by atoms with van der Waals surface area (Å²) in [5.74, 6) is 1.30. The Hall–Kier alpha value is -2.28. The number of nitrogens with one attached hydrogen (secondary N) is 1. The number of hydrogen-bond donors (Lipinski definition) is 1. The molecule has 0 radical (unpaired) electrons. The van der Waals surface area contributed by atoms with Crippen LogP contribution in [0.2, 0.25) is 5.02 Å². The molecule has 3 rings (SSSR count). The summed E-state index contributed by atoms with van der Waals surface area (Å²) in [6, 6.07) is 4.90. The molecule has 0 spiro atoms. The fourth-order valence-electron chi connectivity index (χ4n) is 2.70. The van der Waals surface area contributed by atoms with E-state index in [0.29, 0.717) is 35.4 Å². The minimum atomic E-state index is -0.196. The van der Waals surface area contributed by atoms with Gasteiger partial charge in [-0.15, -0.1) is 0 Å². The number of piperidine rings is 1. The van der Waals surface area contributed by atoms with Gasteiger partial charge in [-0.2, -0.15) is 4.98 Å². The van der Waals surface area contributed by atoms with Crippen molar-refractivity contribution in [3.8, 4) is 5.75 Å². The first kappa shape index (κ1) is 15.6. The molecule has 1 atom stereocenters. The van der Waals surface area contributed by atoms with E-state index in [4.69, 9.17) is 20.9 Å². The van der Waals surface area contributed by atoms with E-state index in [1.54, 1.807) is 30.2 Å². The van der Waals surface area contributed by atoms with Crippen LogP contribution in [0.5, 0.6) is 5.75 Å². The van der Waals surface area contributed by atoms with Gasteiger partial charge in [0, 0.05) is 24.0 Å². The number of nitrogens with zero attached hydrogens (tertiary/aromatic N) is 3. The van der Waals surface area contributed by atoms with Crippen molar-refractivity contribution in [2.45, 2.75) is 18.8 Å². The summed E-state index contributed by atoms with van der Waals surface area (Å²) < 4.78 is 10.0. The average molecular weight is 337 g/mol. The highest BCUT2D eigenvalue weighted by atomic mass is 35.5. The molecule has 1 aromatic heterocycles. The van der Waals surface area contributed by atoms with Gasteiger partial charge in [-0.3, -0.25) is 0 Å². The van der Waals surface area contributed by atoms with Crippen molar-refractivity contribution in [1.29, 1.82) is 0 Å². The first-order valence-corrected chi connectivity index (χ1v) is 7.71. The second-order valence-electron chi connectivity index (χ2n) is 5.35. The molecule has 1 aliphatic heterocycles. The van der Waals surface area contributed by atoms with Crippen LogP contribution in [0.15, 0.2) is 29.1 Å². The Morgan fingerprint density at radius 3 is 3.13 bits per heavy atom. The summed E-state index contributed by atoms with van der Waals surface area (Å²) in [4.78, 5) is 18.3. The van der Waals surface area contributed by atoms with E-state index in [1.165, 1.54) is 6.39 Å². The molecule has 1 aromatic carbocycles. The van der Waals surface area contributed by atoms with E-state index < -0.39 is 0 Å². The standard InChI is InChI=1S/C15H17ClN4O3/c1-22-13-5-4-11(16)7-12(13)18-15(21)20-6-2-3-10(8-20)14-17-9-23-19-14/h4-5,7,9-10H,2-3,6,8H2,1H3,(H,18,21)/t10-/m0/s1. The molecule has 23 heavy (non-hydrogen) atoms. The molecular weight excluding hydrogens is 320 g/mol. The number of likely N-dealkylation sites (tertiary alicyclic amines) is 1. The lowest BCUT2D eigenvalue weighted by Gasteiger charge is -2.31. The van der Waals surface area contributed by atoms with Gasteiger partial charge in [0.25, 0.3) is 0 Å². The fraction of sp³-hybridized carbons (Fsp3) is 0.400. The molecule has 0 bridgehead atoms. The number of hydrogen-bond acceptors (Lipinski definition) is 5. The Labute approximate surface area is 138 Å². The third-order valence-corrected chi connectivity index (χ3v) is 4.09. The number of carbonyl (C=O) groups is 1. The number of aromatic nitrogens is 2. The smallest absolute Gasteiger partial charge is 0.321 e. The molecule has 1 aliphatic rings.